The highest BCUT2D eigenvalue weighted by Gasteiger charge is 2.13. The fourth-order valence-corrected chi connectivity index (χ4v) is 0.850. The molecule has 1 heterocycles. The van der Waals surface area contributed by atoms with Crippen molar-refractivity contribution in [3.63, 3.8) is 0 Å². The first-order chi connectivity index (χ1) is 6.16. The number of ether oxygens (including phenoxy) is 1. The second-order valence-corrected chi connectivity index (χ2v) is 2.38. The van der Waals surface area contributed by atoms with Gasteiger partial charge in [-0.1, -0.05) is 0 Å². The zero-order valence-corrected chi connectivity index (χ0v) is 7.28. The highest BCUT2D eigenvalue weighted by molar-refractivity contribution is 5.95. The fourth-order valence-electron chi connectivity index (χ4n) is 0.850. The Morgan fingerprint density at radius 2 is 2.31 bits per heavy atom. The van der Waals surface area contributed by atoms with Crippen molar-refractivity contribution >= 4 is 17.3 Å². The van der Waals surface area contributed by atoms with Gasteiger partial charge in [-0.15, -0.1) is 0 Å². The molecule has 70 valence electrons. The van der Waals surface area contributed by atoms with Crippen LogP contribution in [0.15, 0.2) is 12.3 Å². The minimum atomic E-state index is -0.549. The van der Waals surface area contributed by atoms with Gasteiger partial charge in [0.2, 0.25) is 0 Å². The monoisotopic (exact) mass is 181 g/mol. The van der Waals surface area contributed by atoms with E-state index in [2.05, 4.69) is 4.98 Å². The molecule has 0 amide bonds. The van der Waals surface area contributed by atoms with Gasteiger partial charge in [-0.25, -0.2) is 9.78 Å². The van der Waals surface area contributed by atoms with E-state index in [0.29, 0.717) is 5.69 Å². The topological polar surface area (TPSA) is 91.2 Å². The number of pyridine rings is 1. The smallest absolute Gasteiger partial charge is 0.359 e. The van der Waals surface area contributed by atoms with Crippen LogP contribution in [0.5, 0.6) is 0 Å². The van der Waals surface area contributed by atoms with Crippen LogP contribution in [-0.2, 0) is 4.74 Å². The number of carbonyl (C=O) groups is 1. The van der Waals surface area contributed by atoms with Crippen molar-refractivity contribution in [2.24, 2.45) is 0 Å². The molecule has 0 aliphatic rings. The average Bonchev–Trinajstić information content (AvgIpc) is 2.10. The number of hydrogen-bond acceptors (Lipinski definition) is 5. The normalized spacial score (nSPS) is 9.62. The van der Waals surface area contributed by atoms with Crippen molar-refractivity contribution in [3.05, 3.63) is 18.0 Å². The predicted octanol–water partition coefficient (Wildman–Crippen LogP) is 0.423. The van der Waals surface area contributed by atoms with Crippen molar-refractivity contribution in [3.8, 4) is 0 Å². The van der Waals surface area contributed by atoms with E-state index in [0.717, 1.165) is 0 Å². The minimum absolute atomic E-state index is 0.0712. The first kappa shape index (κ1) is 9.31. The molecule has 0 aromatic carbocycles. The van der Waals surface area contributed by atoms with E-state index in [4.69, 9.17) is 16.2 Å². The SMILES string of the molecule is CCOC(=O)c1nccc(N)c1N. The molecule has 5 nitrogen and oxygen atoms in total. The van der Waals surface area contributed by atoms with E-state index in [1.165, 1.54) is 12.3 Å². The summed E-state index contributed by atoms with van der Waals surface area (Å²) in [6.07, 6.45) is 1.41. The first-order valence-electron chi connectivity index (χ1n) is 3.84. The molecule has 0 spiro atoms. The summed E-state index contributed by atoms with van der Waals surface area (Å²) in [5, 5.41) is 0. The van der Waals surface area contributed by atoms with E-state index in [-0.39, 0.29) is 18.0 Å². The van der Waals surface area contributed by atoms with Gasteiger partial charge in [-0.2, -0.15) is 0 Å². The van der Waals surface area contributed by atoms with Crippen LogP contribution in [0.2, 0.25) is 0 Å². The molecular formula is C8H11N3O2. The van der Waals surface area contributed by atoms with Crippen molar-refractivity contribution in [1.29, 1.82) is 0 Å². The largest absolute Gasteiger partial charge is 0.461 e. The van der Waals surface area contributed by atoms with Crippen LogP contribution in [0.4, 0.5) is 11.4 Å². The maximum Gasteiger partial charge on any atom is 0.359 e. The van der Waals surface area contributed by atoms with Gasteiger partial charge in [0.15, 0.2) is 5.69 Å². The van der Waals surface area contributed by atoms with Crippen LogP contribution in [0, 0.1) is 0 Å². The Labute approximate surface area is 75.7 Å². The van der Waals surface area contributed by atoms with E-state index in [1.807, 2.05) is 0 Å². The van der Waals surface area contributed by atoms with Gasteiger partial charge in [-0.3, -0.25) is 0 Å². The average molecular weight is 181 g/mol. The molecule has 5 heteroatoms. The summed E-state index contributed by atoms with van der Waals surface area (Å²) in [5.41, 5.74) is 11.6. The first-order valence-corrected chi connectivity index (χ1v) is 3.84. The quantitative estimate of drug-likeness (QED) is 0.645. The van der Waals surface area contributed by atoms with Gasteiger partial charge < -0.3 is 16.2 Å². The van der Waals surface area contributed by atoms with Crippen LogP contribution < -0.4 is 11.5 Å². The standard InChI is InChI=1S/C8H11N3O2/c1-2-13-8(12)7-6(10)5(9)3-4-11-7/h3-4H,2,10H2,1H3,(H2,9,11). The molecule has 0 saturated carbocycles. The van der Waals surface area contributed by atoms with Crippen LogP contribution in [0.1, 0.15) is 17.4 Å². The lowest BCUT2D eigenvalue weighted by molar-refractivity contribution is 0.0521. The van der Waals surface area contributed by atoms with E-state index >= 15 is 0 Å². The molecule has 0 aliphatic heterocycles. The summed E-state index contributed by atoms with van der Waals surface area (Å²) in [6, 6.07) is 1.53. The number of hydrogen-bond donors (Lipinski definition) is 2. The maximum absolute atomic E-state index is 11.2. The molecule has 1 aromatic heterocycles. The number of carbonyl (C=O) groups excluding carboxylic acids is 1. The molecule has 4 N–H and O–H groups in total. The number of esters is 1. The summed E-state index contributed by atoms with van der Waals surface area (Å²) >= 11 is 0. The molecule has 1 rings (SSSR count). The highest BCUT2D eigenvalue weighted by atomic mass is 16.5. The Morgan fingerprint density at radius 1 is 1.62 bits per heavy atom. The highest BCUT2D eigenvalue weighted by Crippen LogP contribution is 2.17. The lowest BCUT2D eigenvalue weighted by Crippen LogP contribution is -2.11. The molecule has 0 fully saturated rings. The Morgan fingerprint density at radius 3 is 2.92 bits per heavy atom. The molecule has 1 aromatic rings. The number of rotatable bonds is 2. The zero-order chi connectivity index (χ0) is 9.84. The zero-order valence-electron chi connectivity index (χ0n) is 7.28. The second kappa shape index (κ2) is 3.75. The summed E-state index contributed by atoms with van der Waals surface area (Å²) < 4.78 is 4.73. The van der Waals surface area contributed by atoms with Gasteiger partial charge in [0.25, 0.3) is 0 Å². The van der Waals surface area contributed by atoms with Crippen molar-refractivity contribution < 1.29 is 9.53 Å². The predicted molar refractivity (Wildman–Crippen MR) is 49.0 cm³/mol. The van der Waals surface area contributed by atoms with Gasteiger partial charge >= 0.3 is 5.97 Å². The van der Waals surface area contributed by atoms with E-state index in [9.17, 15) is 4.79 Å². The van der Waals surface area contributed by atoms with Crippen LogP contribution in [0.3, 0.4) is 0 Å². The molecule has 0 radical (unpaired) electrons. The van der Waals surface area contributed by atoms with Crippen molar-refractivity contribution in [1.82, 2.24) is 4.98 Å². The Kier molecular flexibility index (Phi) is 2.69. The van der Waals surface area contributed by atoms with Crippen LogP contribution >= 0.6 is 0 Å². The Bertz CT molecular complexity index is 325. The molecule has 0 aliphatic carbocycles. The number of aromatic nitrogens is 1. The number of nitrogens with two attached hydrogens (primary N) is 2. The van der Waals surface area contributed by atoms with Gasteiger partial charge in [-0.05, 0) is 13.0 Å². The summed E-state index contributed by atoms with van der Waals surface area (Å²) in [4.78, 5) is 15.0. The van der Waals surface area contributed by atoms with Crippen molar-refractivity contribution in [2.75, 3.05) is 18.1 Å². The summed E-state index contributed by atoms with van der Waals surface area (Å²) in [6.45, 7) is 2.00. The minimum Gasteiger partial charge on any atom is -0.461 e. The van der Waals surface area contributed by atoms with E-state index in [1.54, 1.807) is 6.92 Å². The van der Waals surface area contributed by atoms with Crippen molar-refractivity contribution in [2.45, 2.75) is 6.92 Å². The Balaban J connectivity index is 3.01. The second-order valence-electron chi connectivity index (χ2n) is 2.38. The lowest BCUT2D eigenvalue weighted by Gasteiger charge is -2.05. The molecule has 0 bridgehead atoms. The number of nitrogen functional groups attached to an aromatic ring is 2. The fraction of sp³-hybridized carbons (Fsp3) is 0.250. The molecular weight excluding hydrogens is 170 g/mol. The van der Waals surface area contributed by atoms with Crippen LogP contribution in [-0.4, -0.2) is 17.6 Å². The number of anilines is 2. The summed E-state index contributed by atoms with van der Waals surface area (Å²) in [7, 11) is 0. The third-order valence-electron chi connectivity index (χ3n) is 1.49. The molecule has 0 atom stereocenters. The molecule has 0 unspecified atom stereocenters. The third kappa shape index (κ3) is 1.87. The van der Waals surface area contributed by atoms with Gasteiger partial charge in [0, 0.05) is 6.20 Å². The van der Waals surface area contributed by atoms with Crippen LogP contribution in [0.25, 0.3) is 0 Å². The third-order valence-corrected chi connectivity index (χ3v) is 1.49. The van der Waals surface area contributed by atoms with E-state index < -0.39 is 5.97 Å². The van der Waals surface area contributed by atoms with Gasteiger partial charge in [0.05, 0.1) is 18.0 Å². The summed E-state index contributed by atoms with van der Waals surface area (Å²) in [5.74, 6) is -0.549. The Hall–Kier alpha value is -1.78. The molecule has 0 saturated heterocycles. The van der Waals surface area contributed by atoms with Gasteiger partial charge in [0.1, 0.15) is 0 Å². The lowest BCUT2D eigenvalue weighted by atomic mass is 10.2. The molecule has 13 heavy (non-hydrogen) atoms. The number of nitrogens with zero attached hydrogens (tertiary/aromatic N) is 1. The maximum atomic E-state index is 11.2.